The van der Waals surface area contributed by atoms with Crippen molar-refractivity contribution in [2.45, 2.75) is 32.1 Å². The molecule has 7 heteroatoms. The predicted molar refractivity (Wildman–Crippen MR) is 93.3 cm³/mol. The van der Waals surface area contributed by atoms with Crippen LogP contribution in [-0.4, -0.2) is 23.3 Å². The number of H-pyrrole nitrogens is 1. The Balaban J connectivity index is 2.13. The van der Waals surface area contributed by atoms with E-state index < -0.39 is 0 Å². The van der Waals surface area contributed by atoms with Gasteiger partial charge >= 0.3 is 5.97 Å². The number of benzene rings is 1. The van der Waals surface area contributed by atoms with Crippen molar-refractivity contribution < 1.29 is 14.3 Å². The molecule has 1 aromatic heterocycles. The van der Waals surface area contributed by atoms with Gasteiger partial charge in [-0.2, -0.15) is 0 Å². The van der Waals surface area contributed by atoms with Gasteiger partial charge in [-0.25, -0.2) is 0 Å². The minimum atomic E-state index is -0.306. The van der Waals surface area contributed by atoms with Crippen LogP contribution in [0.2, 0.25) is 10.0 Å². The van der Waals surface area contributed by atoms with Gasteiger partial charge in [0.15, 0.2) is 0 Å². The molecule has 1 aromatic carbocycles. The molecular formula is C16H14BrCl2NO3. The monoisotopic (exact) mass is 417 g/mol. The highest BCUT2D eigenvalue weighted by molar-refractivity contribution is 9.10. The Morgan fingerprint density at radius 3 is 2.91 bits per heavy atom. The third kappa shape index (κ3) is 3.02. The summed E-state index contributed by atoms with van der Waals surface area (Å²) in [5, 5.41) is 1.70. The molecule has 4 nitrogen and oxygen atoms in total. The summed E-state index contributed by atoms with van der Waals surface area (Å²) >= 11 is 15.9. The molecular weight excluding hydrogens is 405 g/mol. The highest BCUT2D eigenvalue weighted by atomic mass is 79.9. The average molecular weight is 419 g/mol. The van der Waals surface area contributed by atoms with Crippen molar-refractivity contribution in [3.63, 3.8) is 0 Å². The molecule has 1 aliphatic carbocycles. The lowest BCUT2D eigenvalue weighted by atomic mass is 9.84. The first-order chi connectivity index (χ1) is 10.9. The molecule has 1 atom stereocenters. The second kappa shape index (κ2) is 6.46. The molecule has 23 heavy (non-hydrogen) atoms. The Morgan fingerprint density at radius 2 is 2.22 bits per heavy atom. The zero-order chi connectivity index (χ0) is 16.7. The van der Waals surface area contributed by atoms with Crippen molar-refractivity contribution in [2.24, 2.45) is 0 Å². The van der Waals surface area contributed by atoms with Gasteiger partial charge in [0.1, 0.15) is 5.78 Å². The van der Waals surface area contributed by atoms with Crippen molar-refractivity contribution in [1.29, 1.82) is 0 Å². The van der Waals surface area contributed by atoms with Crippen LogP contribution in [0.25, 0.3) is 10.9 Å². The minimum absolute atomic E-state index is 0.102. The summed E-state index contributed by atoms with van der Waals surface area (Å²) < 4.78 is 5.80. The van der Waals surface area contributed by atoms with Crippen LogP contribution in [0.1, 0.15) is 36.9 Å². The zero-order valence-electron chi connectivity index (χ0n) is 12.3. The predicted octanol–water partition coefficient (Wildman–Crippen LogP) is 4.79. The molecule has 0 unspecified atom stereocenters. The maximum atomic E-state index is 12.1. The Labute approximate surface area is 151 Å². The third-order valence-corrected chi connectivity index (χ3v) is 5.45. The number of nitrogens with one attached hydrogen (secondary N) is 1. The number of rotatable bonds is 3. The number of ketones is 1. The molecule has 122 valence electrons. The van der Waals surface area contributed by atoms with Gasteiger partial charge in [-0.15, -0.1) is 0 Å². The van der Waals surface area contributed by atoms with E-state index in [1.54, 1.807) is 13.0 Å². The molecule has 1 aliphatic rings. The van der Waals surface area contributed by atoms with Crippen LogP contribution in [0.3, 0.4) is 0 Å². The fourth-order valence-corrected chi connectivity index (χ4v) is 4.32. The lowest BCUT2D eigenvalue weighted by Crippen LogP contribution is -2.21. The first kappa shape index (κ1) is 16.8. The van der Waals surface area contributed by atoms with Crippen LogP contribution in [0.4, 0.5) is 0 Å². The van der Waals surface area contributed by atoms with Crippen LogP contribution in [0, 0.1) is 0 Å². The molecule has 0 saturated heterocycles. The lowest BCUT2D eigenvalue weighted by Gasteiger charge is -2.21. The molecule has 0 aliphatic heterocycles. The summed E-state index contributed by atoms with van der Waals surface area (Å²) in [6, 6.07) is 1.72. The average Bonchev–Trinajstić information content (AvgIpc) is 2.85. The largest absolute Gasteiger partial charge is 0.466 e. The number of fused-ring (bicyclic) bond motifs is 3. The SMILES string of the molecule is CCOC(=O)C[C@H]1CC(=O)Cc2c1[nH]c1c(Cl)c(Cl)cc(Br)c21. The van der Waals surface area contributed by atoms with Gasteiger partial charge in [-0.3, -0.25) is 9.59 Å². The highest BCUT2D eigenvalue weighted by Crippen LogP contribution is 2.43. The van der Waals surface area contributed by atoms with Crippen molar-refractivity contribution in [1.82, 2.24) is 4.98 Å². The van der Waals surface area contributed by atoms with Crippen LogP contribution < -0.4 is 0 Å². The number of hydrogen-bond acceptors (Lipinski definition) is 3. The standard InChI is InChI=1S/C16H14BrCl2NO3/c1-2-23-12(22)4-7-3-8(21)5-9-13-10(17)6-11(18)14(19)16(13)20-15(7)9/h6-7,20H,2-5H2,1H3/t7-/m1/s1. The summed E-state index contributed by atoms with van der Waals surface area (Å²) in [6.07, 6.45) is 0.815. The molecule has 2 aromatic rings. The molecule has 0 spiro atoms. The molecule has 3 rings (SSSR count). The number of carbonyl (C=O) groups excluding carboxylic acids is 2. The van der Waals surface area contributed by atoms with Crippen LogP contribution in [0.15, 0.2) is 10.5 Å². The quantitative estimate of drug-likeness (QED) is 0.575. The first-order valence-electron chi connectivity index (χ1n) is 7.27. The lowest BCUT2D eigenvalue weighted by molar-refractivity contribution is -0.143. The Hall–Kier alpha value is -1.04. The molecule has 0 amide bonds. The maximum Gasteiger partial charge on any atom is 0.306 e. The van der Waals surface area contributed by atoms with Crippen molar-refractivity contribution in [3.05, 3.63) is 31.8 Å². The zero-order valence-corrected chi connectivity index (χ0v) is 15.4. The molecule has 0 saturated carbocycles. The van der Waals surface area contributed by atoms with E-state index in [-0.39, 0.29) is 24.1 Å². The van der Waals surface area contributed by atoms with Gasteiger partial charge in [0, 0.05) is 34.3 Å². The van der Waals surface area contributed by atoms with E-state index in [0.29, 0.717) is 35.0 Å². The minimum Gasteiger partial charge on any atom is -0.466 e. The van der Waals surface area contributed by atoms with Gasteiger partial charge in [0.25, 0.3) is 0 Å². The number of halogens is 3. The van der Waals surface area contributed by atoms with Crippen molar-refractivity contribution >= 4 is 61.8 Å². The smallest absolute Gasteiger partial charge is 0.306 e. The van der Waals surface area contributed by atoms with Gasteiger partial charge in [-0.1, -0.05) is 39.1 Å². The van der Waals surface area contributed by atoms with E-state index in [1.807, 2.05) is 0 Å². The van der Waals surface area contributed by atoms with E-state index in [9.17, 15) is 9.59 Å². The van der Waals surface area contributed by atoms with Crippen LogP contribution in [-0.2, 0) is 20.7 Å². The van der Waals surface area contributed by atoms with Crippen LogP contribution in [0.5, 0.6) is 0 Å². The molecule has 1 N–H and O–H groups in total. The second-order valence-corrected chi connectivity index (χ2v) is 7.19. The van der Waals surface area contributed by atoms with E-state index in [0.717, 1.165) is 21.1 Å². The summed E-state index contributed by atoms with van der Waals surface area (Å²) in [6.45, 7) is 2.09. The van der Waals surface area contributed by atoms with Gasteiger partial charge in [0.2, 0.25) is 0 Å². The van der Waals surface area contributed by atoms with Gasteiger partial charge < -0.3 is 9.72 Å². The number of Topliss-reactive ketones (excluding diaryl/α,β-unsaturated/α-hetero) is 1. The summed E-state index contributed by atoms with van der Waals surface area (Å²) in [4.78, 5) is 27.2. The maximum absolute atomic E-state index is 12.1. The number of hydrogen-bond donors (Lipinski definition) is 1. The summed E-state index contributed by atoms with van der Waals surface area (Å²) in [5.41, 5.74) is 2.45. The number of ether oxygens (including phenoxy) is 1. The fraction of sp³-hybridized carbons (Fsp3) is 0.375. The molecule has 0 bridgehead atoms. The molecule has 0 radical (unpaired) electrons. The topological polar surface area (TPSA) is 59.2 Å². The van der Waals surface area contributed by atoms with Gasteiger partial charge in [0.05, 0.1) is 28.6 Å². The number of esters is 1. The summed E-state index contributed by atoms with van der Waals surface area (Å²) in [7, 11) is 0. The number of aromatic nitrogens is 1. The van der Waals surface area contributed by atoms with E-state index in [4.69, 9.17) is 27.9 Å². The Kier molecular flexibility index (Phi) is 4.72. The first-order valence-corrected chi connectivity index (χ1v) is 8.82. The molecule has 1 heterocycles. The Morgan fingerprint density at radius 1 is 1.48 bits per heavy atom. The van der Waals surface area contributed by atoms with Gasteiger partial charge in [-0.05, 0) is 18.6 Å². The summed E-state index contributed by atoms with van der Waals surface area (Å²) in [5.74, 6) is -0.426. The van der Waals surface area contributed by atoms with E-state index in [1.165, 1.54) is 0 Å². The van der Waals surface area contributed by atoms with E-state index >= 15 is 0 Å². The molecule has 0 fully saturated rings. The second-order valence-electron chi connectivity index (χ2n) is 5.55. The van der Waals surface area contributed by atoms with Crippen LogP contribution >= 0.6 is 39.1 Å². The number of aromatic amines is 1. The normalized spacial score (nSPS) is 17.4. The Bertz CT molecular complexity index is 815. The highest BCUT2D eigenvalue weighted by Gasteiger charge is 2.32. The third-order valence-electron chi connectivity index (χ3n) is 4.03. The van der Waals surface area contributed by atoms with Crippen molar-refractivity contribution in [3.8, 4) is 0 Å². The fourth-order valence-electron chi connectivity index (χ4n) is 3.13. The van der Waals surface area contributed by atoms with E-state index in [2.05, 4.69) is 20.9 Å². The van der Waals surface area contributed by atoms with Crippen molar-refractivity contribution in [2.75, 3.05) is 6.61 Å². The number of carbonyl (C=O) groups is 2.